The van der Waals surface area contributed by atoms with Crippen LogP contribution >= 0.6 is 15.9 Å². The van der Waals surface area contributed by atoms with E-state index in [-0.39, 0.29) is 11.6 Å². The fourth-order valence-electron chi connectivity index (χ4n) is 2.15. The minimum Gasteiger partial charge on any atom is -0.368 e. The van der Waals surface area contributed by atoms with E-state index in [1.165, 1.54) is 0 Å². The maximum atomic E-state index is 12.5. The molecule has 0 atom stereocenters. The Bertz CT molecular complexity index is 544. The number of hydrogen-bond donors (Lipinski definition) is 0. The Kier molecular flexibility index (Phi) is 3.66. The molecule has 0 N–H and O–H groups in total. The van der Waals surface area contributed by atoms with Gasteiger partial charge in [-0.3, -0.25) is 9.59 Å². The van der Waals surface area contributed by atoms with Gasteiger partial charge in [-0.15, -0.1) is 0 Å². The van der Waals surface area contributed by atoms with Crippen molar-refractivity contribution in [2.75, 3.05) is 13.1 Å². The van der Waals surface area contributed by atoms with Gasteiger partial charge in [-0.25, -0.2) is 0 Å². The van der Waals surface area contributed by atoms with Crippen molar-refractivity contribution in [1.29, 1.82) is 0 Å². The number of hydrogen-bond acceptors (Lipinski definition) is 3. The monoisotopic (exact) mass is 307 g/mol. The summed E-state index contributed by atoms with van der Waals surface area (Å²) >= 11 is 3.28. The van der Waals surface area contributed by atoms with Gasteiger partial charge in [0.25, 0.3) is 0 Å². The molecule has 0 bridgehead atoms. The number of benzene rings is 1. The number of halogens is 1. The summed E-state index contributed by atoms with van der Waals surface area (Å²) in [6.07, 6.45) is 0. The standard InChI is InChI=1S/C14H14BrNO2/c1-3-16(4-2)12-11(15)13(17)9-7-5-6-8-10(9)14(12)18/h5-8H,3-4H2,1-2H3. The maximum Gasteiger partial charge on any atom is 0.211 e. The number of likely N-dealkylation sites (N-methyl/N-ethyl adjacent to an activating group) is 1. The molecule has 0 spiro atoms. The largest absolute Gasteiger partial charge is 0.368 e. The topological polar surface area (TPSA) is 37.4 Å². The molecule has 0 aromatic heterocycles. The van der Waals surface area contributed by atoms with Crippen LogP contribution < -0.4 is 0 Å². The fourth-order valence-corrected chi connectivity index (χ4v) is 2.80. The maximum absolute atomic E-state index is 12.5. The van der Waals surface area contributed by atoms with E-state index >= 15 is 0 Å². The molecule has 0 amide bonds. The Morgan fingerprint density at radius 3 is 2.00 bits per heavy atom. The number of Topliss-reactive ketones (excluding diaryl/α,β-unsaturated/α-hetero) is 2. The number of carbonyl (C=O) groups is 2. The molecule has 94 valence electrons. The lowest BCUT2D eigenvalue weighted by molar-refractivity contribution is 0.0951. The Morgan fingerprint density at radius 2 is 1.50 bits per heavy atom. The Hall–Kier alpha value is -1.42. The zero-order valence-electron chi connectivity index (χ0n) is 10.4. The highest BCUT2D eigenvalue weighted by Gasteiger charge is 2.32. The average Bonchev–Trinajstić information content (AvgIpc) is 2.41. The Morgan fingerprint density at radius 1 is 1.00 bits per heavy atom. The molecule has 18 heavy (non-hydrogen) atoms. The third-order valence-corrected chi connectivity index (χ3v) is 3.85. The van der Waals surface area contributed by atoms with E-state index < -0.39 is 0 Å². The zero-order valence-corrected chi connectivity index (χ0v) is 12.0. The van der Waals surface area contributed by atoms with Crippen molar-refractivity contribution in [3.05, 3.63) is 45.6 Å². The fraction of sp³-hybridized carbons (Fsp3) is 0.286. The highest BCUT2D eigenvalue weighted by molar-refractivity contribution is 9.12. The van der Waals surface area contributed by atoms with Crippen molar-refractivity contribution in [3.8, 4) is 0 Å². The Labute approximate surface area is 115 Å². The van der Waals surface area contributed by atoms with Crippen molar-refractivity contribution in [2.24, 2.45) is 0 Å². The second-order valence-electron chi connectivity index (χ2n) is 4.04. The van der Waals surface area contributed by atoms with Crippen molar-refractivity contribution >= 4 is 27.5 Å². The summed E-state index contributed by atoms with van der Waals surface area (Å²) in [5.41, 5.74) is 1.45. The molecule has 0 saturated heterocycles. The van der Waals surface area contributed by atoms with Gasteiger partial charge >= 0.3 is 0 Å². The molecule has 0 saturated carbocycles. The van der Waals surface area contributed by atoms with Gasteiger partial charge in [-0.2, -0.15) is 0 Å². The van der Waals surface area contributed by atoms with E-state index in [9.17, 15) is 9.59 Å². The first-order valence-electron chi connectivity index (χ1n) is 5.94. The van der Waals surface area contributed by atoms with E-state index in [4.69, 9.17) is 0 Å². The summed E-state index contributed by atoms with van der Waals surface area (Å²) in [5.74, 6) is -0.201. The molecule has 0 heterocycles. The Balaban J connectivity index is 2.60. The van der Waals surface area contributed by atoms with Crippen LogP contribution in [0.15, 0.2) is 34.4 Å². The predicted molar refractivity (Wildman–Crippen MR) is 74.0 cm³/mol. The van der Waals surface area contributed by atoms with E-state index in [2.05, 4.69) is 15.9 Å². The van der Waals surface area contributed by atoms with Gasteiger partial charge in [0.05, 0.1) is 4.48 Å². The number of fused-ring (bicyclic) bond motifs is 1. The minimum absolute atomic E-state index is 0.0826. The van der Waals surface area contributed by atoms with Crippen LogP contribution in [0.3, 0.4) is 0 Å². The molecular formula is C14H14BrNO2. The van der Waals surface area contributed by atoms with Crippen LogP contribution in [0.4, 0.5) is 0 Å². The molecule has 1 aromatic carbocycles. The quantitative estimate of drug-likeness (QED) is 0.861. The van der Waals surface area contributed by atoms with Crippen LogP contribution in [0.2, 0.25) is 0 Å². The highest BCUT2D eigenvalue weighted by atomic mass is 79.9. The third kappa shape index (κ3) is 1.90. The second-order valence-corrected chi connectivity index (χ2v) is 4.83. The molecule has 0 unspecified atom stereocenters. The van der Waals surface area contributed by atoms with Crippen LogP contribution in [0.25, 0.3) is 0 Å². The summed E-state index contributed by atoms with van der Waals surface area (Å²) < 4.78 is 0.370. The normalized spacial score (nSPS) is 14.8. The van der Waals surface area contributed by atoms with Crippen LogP contribution in [-0.4, -0.2) is 29.6 Å². The van der Waals surface area contributed by atoms with Crippen LogP contribution in [0, 0.1) is 0 Å². The van der Waals surface area contributed by atoms with E-state index in [0.29, 0.717) is 34.4 Å². The SMILES string of the molecule is CCN(CC)C1=C(Br)C(=O)c2ccccc2C1=O. The van der Waals surface area contributed by atoms with Gasteiger partial charge in [0.15, 0.2) is 0 Å². The summed E-state index contributed by atoms with van der Waals surface area (Å²) in [6, 6.07) is 6.95. The average molecular weight is 308 g/mol. The molecule has 1 aliphatic rings. The lowest BCUT2D eigenvalue weighted by atomic mass is 9.92. The summed E-state index contributed by atoms with van der Waals surface area (Å²) in [4.78, 5) is 26.6. The van der Waals surface area contributed by atoms with Crippen molar-refractivity contribution in [1.82, 2.24) is 4.90 Å². The van der Waals surface area contributed by atoms with Gasteiger partial charge in [0.2, 0.25) is 11.6 Å². The molecule has 0 fully saturated rings. The lowest BCUT2D eigenvalue weighted by Crippen LogP contribution is -2.33. The first-order chi connectivity index (χ1) is 8.61. The summed E-state index contributed by atoms with van der Waals surface area (Å²) in [6.45, 7) is 5.33. The van der Waals surface area contributed by atoms with Gasteiger partial charge in [-0.05, 0) is 29.8 Å². The van der Waals surface area contributed by atoms with Crippen molar-refractivity contribution < 1.29 is 9.59 Å². The number of nitrogens with zero attached hydrogens (tertiary/aromatic N) is 1. The first kappa shape index (κ1) is 13.0. The lowest BCUT2D eigenvalue weighted by Gasteiger charge is -2.27. The molecule has 0 aliphatic heterocycles. The summed E-state index contributed by atoms with van der Waals surface area (Å²) in [5, 5.41) is 0. The number of carbonyl (C=O) groups excluding carboxylic acids is 2. The van der Waals surface area contributed by atoms with Gasteiger partial charge in [0.1, 0.15) is 5.70 Å². The molecule has 4 heteroatoms. The predicted octanol–water partition coefficient (Wildman–Crippen LogP) is 3.01. The van der Waals surface area contributed by atoms with E-state index in [1.54, 1.807) is 24.3 Å². The van der Waals surface area contributed by atoms with Crippen LogP contribution in [0.1, 0.15) is 34.6 Å². The van der Waals surface area contributed by atoms with Crippen molar-refractivity contribution in [3.63, 3.8) is 0 Å². The molecule has 1 aliphatic carbocycles. The zero-order chi connectivity index (χ0) is 13.3. The number of ketones is 2. The van der Waals surface area contributed by atoms with E-state index in [1.807, 2.05) is 18.7 Å². The van der Waals surface area contributed by atoms with Crippen molar-refractivity contribution in [2.45, 2.75) is 13.8 Å². The minimum atomic E-state index is -0.118. The van der Waals surface area contributed by atoms with Gasteiger partial charge in [-0.1, -0.05) is 24.3 Å². The molecule has 3 nitrogen and oxygen atoms in total. The first-order valence-corrected chi connectivity index (χ1v) is 6.74. The molecule has 2 rings (SSSR count). The second kappa shape index (κ2) is 5.06. The van der Waals surface area contributed by atoms with Gasteiger partial charge in [0, 0.05) is 24.2 Å². The van der Waals surface area contributed by atoms with Crippen LogP contribution in [0.5, 0.6) is 0 Å². The highest BCUT2D eigenvalue weighted by Crippen LogP contribution is 2.31. The molecule has 0 radical (unpaired) electrons. The number of allylic oxidation sites excluding steroid dienone is 2. The molecule has 1 aromatic rings. The smallest absolute Gasteiger partial charge is 0.211 e. The third-order valence-electron chi connectivity index (χ3n) is 3.12. The number of rotatable bonds is 3. The summed E-state index contributed by atoms with van der Waals surface area (Å²) in [7, 11) is 0. The molecular weight excluding hydrogens is 294 g/mol. The van der Waals surface area contributed by atoms with E-state index in [0.717, 1.165) is 0 Å². The van der Waals surface area contributed by atoms with Crippen LogP contribution in [-0.2, 0) is 0 Å². The van der Waals surface area contributed by atoms with Gasteiger partial charge < -0.3 is 4.90 Å².